The van der Waals surface area contributed by atoms with Crippen LogP contribution < -0.4 is 10.1 Å². The Balaban J connectivity index is 1.41. The summed E-state index contributed by atoms with van der Waals surface area (Å²) in [5.74, 6) is -1.38. The molecule has 0 spiro atoms. The van der Waals surface area contributed by atoms with Crippen LogP contribution in [-0.2, 0) is 29.4 Å². The van der Waals surface area contributed by atoms with Crippen molar-refractivity contribution >= 4 is 40.0 Å². The second-order valence-electron chi connectivity index (χ2n) is 8.62. The summed E-state index contributed by atoms with van der Waals surface area (Å²) in [6, 6.07) is 3.07. The predicted molar refractivity (Wildman–Crippen MR) is 133 cm³/mol. The molecule has 3 aromatic rings. The molecular weight excluding hydrogens is 510 g/mol. The van der Waals surface area contributed by atoms with Gasteiger partial charge in [0, 0.05) is 18.0 Å². The Morgan fingerprint density at radius 1 is 1.33 bits per heavy atom. The van der Waals surface area contributed by atoms with E-state index in [0.717, 1.165) is 41.8 Å². The molecule has 8 nitrogen and oxygen atoms in total. The monoisotopic (exact) mass is 536 g/mol. The van der Waals surface area contributed by atoms with Gasteiger partial charge < -0.3 is 19.4 Å². The summed E-state index contributed by atoms with van der Waals surface area (Å²) >= 11 is 2.59. The number of fused-ring (bicyclic) bond motifs is 1. The van der Waals surface area contributed by atoms with Crippen molar-refractivity contribution < 1.29 is 27.8 Å². The number of esters is 1. The van der Waals surface area contributed by atoms with Crippen LogP contribution in [0.1, 0.15) is 53.0 Å². The maximum atomic E-state index is 13.9. The van der Waals surface area contributed by atoms with Crippen molar-refractivity contribution in [3.63, 3.8) is 0 Å². The third-order valence-electron chi connectivity index (χ3n) is 5.92. The number of hydrogen-bond acceptors (Lipinski definition) is 8. The summed E-state index contributed by atoms with van der Waals surface area (Å²) < 4.78 is 39.3. The fourth-order valence-electron chi connectivity index (χ4n) is 4.07. The first-order chi connectivity index (χ1) is 17.2. The Morgan fingerprint density at radius 2 is 2.11 bits per heavy atom. The second kappa shape index (κ2) is 11.0. The van der Waals surface area contributed by atoms with E-state index in [2.05, 4.69) is 22.4 Å². The Labute approximate surface area is 215 Å². The van der Waals surface area contributed by atoms with E-state index in [1.165, 1.54) is 36.3 Å². The molecule has 0 saturated carbocycles. The molecule has 36 heavy (non-hydrogen) atoms. The fraction of sp³-hybridized carbons (Fsp3) is 0.417. The third kappa shape index (κ3) is 5.54. The molecule has 2 atom stereocenters. The zero-order valence-electron chi connectivity index (χ0n) is 20.3. The molecule has 0 radical (unpaired) electrons. The van der Waals surface area contributed by atoms with Gasteiger partial charge in [0.1, 0.15) is 10.8 Å². The number of halogens is 2. The highest BCUT2D eigenvalue weighted by molar-refractivity contribution is 7.99. The van der Waals surface area contributed by atoms with E-state index in [9.17, 15) is 18.4 Å². The van der Waals surface area contributed by atoms with Gasteiger partial charge in [-0.25, -0.2) is 13.6 Å². The Bertz CT molecular complexity index is 1290. The van der Waals surface area contributed by atoms with Gasteiger partial charge in [0.05, 0.1) is 18.4 Å². The summed E-state index contributed by atoms with van der Waals surface area (Å²) in [6.07, 6.45) is 1.97. The van der Waals surface area contributed by atoms with Crippen molar-refractivity contribution in [3.8, 4) is 5.75 Å². The van der Waals surface area contributed by atoms with E-state index >= 15 is 0 Å². The molecule has 192 valence electrons. The van der Waals surface area contributed by atoms with Crippen LogP contribution in [0, 0.1) is 17.6 Å². The number of benzene rings is 1. The van der Waals surface area contributed by atoms with Crippen LogP contribution >= 0.6 is 23.1 Å². The van der Waals surface area contributed by atoms with E-state index in [-0.39, 0.29) is 17.4 Å². The summed E-state index contributed by atoms with van der Waals surface area (Å²) in [5.41, 5.74) is 1.42. The first-order valence-corrected chi connectivity index (χ1v) is 13.1. The highest BCUT2D eigenvalue weighted by Crippen LogP contribution is 2.40. The standard InChI is InChI=1S/C24H26F2N4O4S2/c1-12-5-7-15-18(9-12)36-22(20(15)23(32)33-4)27-19(31)11-35-24-29-28-21(30(24)3)13(2)34-17-8-6-14(25)10-16(17)26/h6,8,10,12-13H,5,7,9,11H2,1-4H3,(H,27,31). The van der Waals surface area contributed by atoms with Gasteiger partial charge in [-0.1, -0.05) is 18.7 Å². The number of rotatable bonds is 8. The maximum Gasteiger partial charge on any atom is 0.341 e. The van der Waals surface area contributed by atoms with E-state index < -0.39 is 23.7 Å². The lowest BCUT2D eigenvalue weighted by Crippen LogP contribution is -2.17. The number of ether oxygens (including phenoxy) is 2. The van der Waals surface area contributed by atoms with Crippen LogP contribution in [0.15, 0.2) is 23.4 Å². The van der Waals surface area contributed by atoms with Crippen molar-refractivity contribution in [1.82, 2.24) is 14.8 Å². The highest BCUT2D eigenvalue weighted by Gasteiger charge is 2.29. The van der Waals surface area contributed by atoms with Crippen LogP contribution in [-0.4, -0.2) is 39.5 Å². The van der Waals surface area contributed by atoms with E-state index in [4.69, 9.17) is 9.47 Å². The average Bonchev–Trinajstić information content (AvgIpc) is 3.38. The molecule has 0 fully saturated rings. The van der Waals surface area contributed by atoms with Gasteiger partial charge in [-0.15, -0.1) is 21.5 Å². The second-order valence-corrected chi connectivity index (χ2v) is 10.7. The molecule has 1 N–H and O–H groups in total. The van der Waals surface area contributed by atoms with E-state index in [1.54, 1.807) is 18.5 Å². The number of anilines is 1. The molecular formula is C24H26F2N4O4S2. The lowest BCUT2D eigenvalue weighted by molar-refractivity contribution is -0.113. The molecule has 1 aliphatic rings. The smallest absolute Gasteiger partial charge is 0.341 e. The van der Waals surface area contributed by atoms with Crippen molar-refractivity contribution in [3.05, 3.63) is 51.7 Å². The fourth-order valence-corrected chi connectivity index (χ4v) is 6.20. The summed E-state index contributed by atoms with van der Waals surface area (Å²) in [4.78, 5) is 26.3. The zero-order valence-corrected chi connectivity index (χ0v) is 21.9. The number of thiophene rings is 1. The number of methoxy groups -OCH3 is 1. The van der Waals surface area contributed by atoms with Crippen LogP contribution in [0.4, 0.5) is 13.8 Å². The summed E-state index contributed by atoms with van der Waals surface area (Å²) in [7, 11) is 3.04. The van der Waals surface area contributed by atoms with E-state index in [1.807, 2.05) is 0 Å². The zero-order chi connectivity index (χ0) is 26.0. The molecule has 1 aromatic carbocycles. The molecule has 4 rings (SSSR count). The number of carbonyl (C=O) groups excluding carboxylic acids is 2. The molecule has 2 heterocycles. The molecule has 2 unspecified atom stereocenters. The van der Waals surface area contributed by atoms with Gasteiger partial charge >= 0.3 is 5.97 Å². The minimum atomic E-state index is -0.814. The Kier molecular flexibility index (Phi) is 7.94. The average molecular weight is 537 g/mol. The van der Waals surface area contributed by atoms with Crippen LogP contribution in [0.25, 0.3) is 0 Å². The van der Waals surface area contributed by atoms with Crippen molar-refractivity contribution in [2.75, 3.05) is 18.2 Å². The molecule has 0 aliphatic heterocycles. The quantitative estimate of drug-likeness (QED) is 0.322. The highest BCUT2D eigenvalue weighted by atomic mass is 32.2. The number of thioether (sulfide) groups is 1. The lowest BCUT2D eigenvalue weighted by Gasteiger charge is -2.18. The molecule has 1 aliphatic carbocycles. The van der Waals surface area contributed by atoms with Crippen molar-refractivity contribution in [2.24, 2.45) is 13.0 Å². The molecule has 12 heteroatoms. The molecule has 1 amide bonds. The van der Waals surface area contributed by atoms with Crippen molar-refractivity contribution in [1.29, 1.82) is 0 Å². The van der Waals surface area contributed by atoms with E-state index in [0.29, 0.717) is 27.5 Å². The Hall–Kier alpha value is -2.99. The van der Waals surface area contributed by atoms with Crippen molar-refractivity contribution in [2.45, 2.75) is 44.4 Å². The number of nitrogens with one attached hydrogen (secondary N) is 1. The number of carbonyl (C=O) groups is 2. The van der Waals surface area contributed by atoms with Crippen LogP contribution in [0.2, 0.25) is 0 Å². The van der Waals surface area contributed by atoms with Gasteiger partial charge in [-0.05, 0) is 49.8 Å². The first-order valence-electron chi connectivity index (χ1n) is 11.3. The lowest BCUT2D eigenvalue weighted by atomic mass is 9.88. The van der Waals surface area contributed by atoms with Gasteiger partial charge in [-0.3, -0.25) is 4.79 Å². The Morgan fingerprint density at radius 3 is 2.83 bits per heavy atom. The SMILES string of the molecule is COC(=O)c1c(NC(=O)CSc2nnc(C(C)Oc3ccc(F)cc3F)n2C)sc2c1CCC(C)C2. The van der Waals surface area contributed by atoms with Gasteiger partial charge in [0.2, 0.25) is 5.91 Å². The van der Waals surface area contributed by atoms with Gasteiger partial charge in [0.25, 0.3) is 0 Å². The maximum absolute atomic E-state index is 13.9. The summed E-state index contributed by atoms with van der Waals surface area (Å²) in [6.45, 7) is 3.84. The van der Waals surface area contributed by atoms with Crippen LogP contribution in [0.5, 0.6) is 5.75 Å². The largest absolute Gasteiger partial charge is 0.480 e. The summed E-state index contributed by atoms with van der Waals surface area (Å²) in [5, 5.41) is 12.0. The number of nitrogens with zero attached hydrogens (tertiary/aromatic N) is 3. The van der Waals surface area contributed by atoms with Gasteiger partial charge in [0.15, 0.2) is 28.7 Å². The molecule has 0 saturated heterocycles. The third-order valence-corrected chi connectivity index (χ3v) is 8.11. The minimum Gasteiger partial charge on any atom is -0.480 e. The molecule has 2 aromatic heterocycles. The first kappa shape index (κ1) is 26.1. The normalized spacial score (nSPS) is 15.8. The van der Waals surface area contributed by atoms with Crippen LogP contribution in [0.3, 0.4) is 0 Å². The number of hydrogen-bond donors (Lipinski definition) is 1. The molecule has 0 bridgehead atoms. The topological polar surface area (TPSA) is 95.3 Å². The number of aromatic nitrogens is 3. The van der Waals surface area contributed by atoms with Gasteiger partial charge in [-0.2, -0.15) is 0 Å². The number of amides is 1. The minimum absolute atomic E-state index is 0.0351. The predicted octanol–water partition coefficient (Wildman–Crippen LogP) is 4.94.